The van der Waals surface area contributed by atoms with E-state index in [1.54, 1.807) is 18.5 Å². The molecule has 0 saturated heterocycles. The number of nitrogens with zero attached hydrogens (tertiary/aromatic N) is 5. The quantitative estimate of drug-likeness (QED) is 0.568. The predicted octanol–water partition coefficient (Wildman–Crippen LogP) is 3.46. The lowest BCUT2D eigenvalue weighted by Crippen LogP contribution is -2.25. The first-order valence-corrected chi connectivity index (χ1v) is 10.1. The van der Waals surface area contributed by atoms with Crippen molar-refractivity contribution < 1.29 is 4.79 Å². The van der Waals surface area contributed by atoms with Crippen molar-refractivity contribution in [3.05, 3.63) is 60.2 Å². The Balaban J connectivity index is 1.43. The summed E-state index contributed by atoms with van der Waals surface area (Å²) in [5.74, 6) is -0.0853. The molecule has 1 saturated carbocycles. The van der Waals surface area contributed by atoms with Gasteiger partial charge in [-0.2, -0.15) is 0 Å². The molecule has 0 aliphatic heterocycles. The Labute approximate surface area is 168 Å². The molecule has 0 radical (unpaired) electrons. The highest BCUT2D eigenvalue weighted by molar-refractivity contribution is 6.05. The number of rotatable bonds is 5. The number of aromatic nitrogens is 5. The van der Waals surface area contributed by atoms with Crippen molar-refractivity contribution >= 4 is 28.0 Å². The summed E-state index contributed by atoms with van der Waals surface area (Å²) in [4.78, 5) is 21.2. The Morgan fingerprint density at radius 1 is 1.10 bits per heavy atom. The van der Waals surface area contributed by atoms with Crippen molar-refractivity contribution in [3.8, 4) is 0 Å². The van der Waals surface area contributed by atoms with Gasteiger partial charge in [0, 0.05) is 35.9 Å². The number of benzene rings is 1. The summed E-state index contributed by atoms with van der Waals surface area (Å²) < 4.78 is 2.23. The fourth-order valence-electron chi connectivity index (χ4n) is 4.17. The summed E-state index contributed by atoms with van der Waals surface area (Å²) in [5.41, 5.74) is 4.18. The minimum Gasteiger partial charge on any atom is -0.352 e. The van der Waals surface area contributed by atoms with E-state index in [0.717, 1.165) is 41.2 Å². The molecule has 7 heteroatoms. The molecule has 29 heavy (non-hydrogen) atoms. The van der Waals surface area contributed by atoms with Crippen LogP contribution in [0.15, 0.2) is 49.1 Å². The number of nitrogens with one attached hydrogen (secondary N) is 1. The molecule has 0 spiro atoms. The lowest BCUT2D eigenvalue weighted by atomic mass is 10.1. The molecule has 1 fully saturated rings. The van der Waals surface area contributed by atoms with Crippen molar-refractivity contribution in [3.63, 3.8) is 0 Å². The molecule has 3 heterocycles. The van der Waals surface area contributed by atoms with Crippen molar-refractivity contribution in [1.29, 1.82) is 0 Å². The van der Waals surface area contributed by atoms with E-state index in [9.17, 15) is 4.79 Å². The summed E-state index contributed by atoms with van der Waals surface area (Å²) in [7, 11) is 0. The molecule has 4 aromatic rings. The zero-order valence-electron chi connectivity index (χ0n) is 16.1. The average molecular weight is 386 g/mol. The number of hydrogen-bond acceptors (Lipinski definition) is 5. The summed E-state index contributed by atoms with van der Waals surface area (Å²) in [6.45, 7) is 0.574. The van der Waals surface area contributed by atoms with Gasteiger partial charge in [-0.15, -0.1) is 10.2 Å². The van der Waals surface area contributed by atoms with Gasteiger partial charge in [-0.3, -0.25) is 9.78 Å². The minimum absolute atomic E-state index is 0.0853. The van der Waals surface area contributed by atoms with Crippen LogP contribution in [0, 0.1) is 0 Å². The second-order valence-corrected chi connectivity index (χ2v) is 7.56. The predicted molar refractivity (Wildman–Crippen MR) is 111 cm³/mol. The Morgan fingerprint density at radius 2 is 1.93 bits per heavy atom. The number of carbonyl (C=O) groups excluding carboxylic acids is 1. The van der Waals surface area contributed by atoms with E-state index >= 15 is 0 Å². The first-order chi connectivity index (χ1) is 14.3. The molecule has 146 valence electrons. The van der Waals surface area contributed by atoms with E-state index in [2.05, 4.69) is 30.0 Å². The molecule has 1 amide bonds. The van der Waals surface area contributed by atoms with Gasteiger partial charge in [0.2, 0.25) is 5.65 Å². The lowest BCUT2D eigenvalue weighted by molar-refractivity contribution is 0.0954. The number of carbonyl (C=O) groups is 1. The van der Waals surface area contributed by atoms with Crippen LogP contribution in [0.2, 0.25) is 0 Å². The van der Waals surface area contributed by atoms with Crippen molar-refractivity contribution in [2.75, 3.05) is 6.54 Å². The molecule has 0 unspecified atom stereocenters. The van der Waals surface area contributed by atoms with E-state index < -0.39 is 0 Å². The van der Waals surface area contributed by atoms with Crippen LogP contribution < -0.4 is 5.32 Å². The number of fused-ring (bicyclic) bond motifs is 3. The molecular weight excluding hydrogens is 364 g/mol. The fourth-order valence-corrected chi connectivity index (χ4v) is 4.17. The number of hydrogen-bond donors (Lipinski definition) is 1. The minimum atomic E-state index is -0.0853. The van der Waals surface area contributed by atoms with Crippen LogP contribution in [-0.4, -0.2) is 37.2 Å². The van der Waals surface area contributed by atoms with Gasteiger partial charge in [0.25, 0.3) is 5.91 Å². The van der Waals surface area contributed by atoms with Crippen molar-refractivity contribution in [1.82, 2.24) is 30.0 Å². The molecular formula is C22H22N6O. The van der Waals surface area contributed by atoms with Crippen LogP contribution in [0.3, 0.4) is 0 Å². The fraction of sp³-hybridized carbons (Fsp3) is 0.318. The van der Waals surface area contributed by atoms with Gasteiger partial charge in [0.05, 0.1) is 17.4 Å². The van der Waals surface area contributed by atoms with Crippen LogP contribution in [-0.2, 0) is 6.42 Å². The third-order valence-corrected chi connectivity index (χ3v) is 5.71. The van der Waals surface area contributed by atoms with E-state index in [-0.39, 0.29) is 5.91 Å². The summed E-state index contributed by atoms with van der Waals surface area (Å²) in [6.07, 6.45) is 11.0. The zero-order valence-corrected chi connectivity index (χ0v) is 16.1. The SMILES string of the molecule is O=C(NCCc1ccncc1)c1ccc2nnc3ncn(C4CCCC4)c3c2c1. The Kier molecular flexibility index (Phi) is 4.63. The maximum absolute atomic E-state index is 12.7. The molecule has 0 atom stereocenters. The van der Waals surface area contributed by atoms with Crippen molar-refractivity contribution in [2.45, 2.75) is 38.1 Å². The topological polar surface area (TPSA) is 85.6 Å². The highest BCUT2D eigenvalue weighted by Gasteiger charge is 2.21. The number of amides is 1. The molecule has 1 aromatic carbocycles. The highest BCUT2D eigenvalue weighted by atomic mass is 16.1. The first-order valence-electron chi connectivity index (χ1n) is 10.1. The maximum Gasteiger partial charge on any atom is 0.251 e. The van der Waals surface area contributed by atoms with Crippen molar-refractivity contribution in [2.24, 2.45) is 0 Å². The number of pyridine rings is 1. The van der Waals surface area contributed by atoms with Crippen LogP contribution in [0.1, 0.15) is 47.6 Å². The van der Waals surface area contributed by atoms with Crippen LogP contribution in [0.4, 0.5) is 0 Å². The second-order valence-electron chi connectivity index (χ2n) is 7.56. The van der Waals surface area contributed by atoms with Gasteiger partial charge in [-0.05, 0) is 55.2 Å². The Hall–Kier alpha value is -3.35. The number of imidazole rings is 1. The summed E-state index contributed by atoms with van der Waals surface area (Å²) in [5, 5.41) is 12.5. The van der Waals surface area contributed by atoms with E-state index in [1.165, 1.54) is 12.8 Å². The maximum atomic E-state index is 12.7. The van der Waals surface area contributed by atoms with Gasteiger partial charge in [-0.1, -0.05) is 12.8 Å². The van der Waals surface area contributed by atoms with Gasteiger partial charge in [0.1, 0.15) is 0 Å². The van der Waals surface area contributed by atoms with Crippen LogP contribution >= 0.6 is 0 Å². The smallest absolute Gasteiger partial charge is 0.251 e. The third kappa shape index (κ3) is 3.44. The van der Waals surface area contributed by atoms with Gasteiger partial charge in [-0.25, -0.2) is 4.98 Å². The largest absolute Gasteiger partial charge is 0.352 e. The molecule has 1 N–H and O–H groups in total. The van der Waals surface area contributed by atoms with Gasteiger partial charge < -0.3 is 9.88 Å². The third-order valence-electron chi connectivity index (χ3n) is 5.71. The summed E-state index contributed by atoms with van der Waals surface area (Å²) >= 11 is 0. The summed E-state index contributed by atoms with van der Waals surface area (Å²) in [6, 6.07) is 9.96. The molecule has 1 aliphatic carbocycles. The normalized spacial score (nSPS) is 14.6. The van der Waals surface area contributed by atoms with Crippen LogP contribution in [0.25, 0.3) is 22.1 Å². The monoisotopic (exact) mass is 386 g/mol. The molecule has 5 rings (SSSR count). The van der Waals surface area contributed by atoms with E-state index in [1.807, 2.05) is 30.6 Å². The highest BCUT2D eigenvalue weighted by Crippen LogP contribution is 2.33. The first kappa shape index (κ1) is 17.7. The van der Waals surface area contributed by atoms with Crippen LogP contribution in [0.5, 0.6) is 0 Å². The van der Waals surface area contributed by atoms with Gasteiger partial charge in [0.15, 0.2) is 0 Å². The molecule has 3 aromatic heterocycles. The second kappa shape index (κ2) is 7.58. The van der Waals surface area contributed by atoms with E-state index in [4.69, 9.17) is 0 Å². The Bertz CT molecular complexity index is 1160. The molecule has 7 nitrogen and oxygen atoms in total. The zero-order chi connectivity index (χ0) is 19.6. The lowest BCUT2D eigenvalue weighted by Gasteiger charge is -2.13. The van der Waals surface area contributed by atoms with Gasteiger partial charge >= 0.3 is 0 Å². The average Bonchev–Trinajstić information content (AvgIpc) is 3.43. The molecule has 1 aliphatic rings. The Morgan fingerprint density at radius 3 is 2.76 bits per heavy atom. The standard InChI is InChI=1S/C22H22N6O/c29-22(24-12-9-15-7-10-23-11-8-15)16-5-6-19-18(13-16)20-21(27-26-19)25-14-28(20)17-3-1-2-4-17/h5-8,10-11,13-14,17H,1-4,9,12H2,(H,24,29). The molecule has 0 bridgehead atoms. The van der Waals surface area contributed by atoms with E-state index in [0.29, 0.717) is 23.8 Å².